The Bertz CT molecular complexity index is 353. The van der Waals surface area contributed by atoms with E-state index in [0.717, 1.165) is 4.90 Å². The van der Waals surface area contributed by atoms with Gasteiger partial charge in [0.2, 0.25) is 0 Å². The van der Waals surface area contributed by atoms with Gasteiger partial charge in [-0.2, -0.15) is 0 Å². The lowest BCUT2D eigenvalue weighted by Crippen LogP contribution is -2.39. The van der Waals surface area contributed by atoms with Gasteiger partial charge in [-0.1, -0.05) is 37.0 Å². The van der Waals surface area contributed by atoms with Crippen LogP contribution in [0, 0.1) is 5.92 Å². The van der Waals surface area contributed by atoms with E-state index in [4.69, 9.17) is 28.9 Å². The van der Waals surface area contributed by atoms with E-state index in [9.17, 15) is 5.11 Å². The molecule has 5 heteroatoms. The molecule has 3 N–H and O–H groups in total. The van der Waals surface area contributed by atoms with Crippen LogP contribution in [0.5, 0.6) is 0 Å². The largest absolute Gasteiger partial charge is 0.395 e. The summed E-state index contributed by atoms with van der Waals surface area (Å²) in [5, 5.41) is 10.5. The van der Waals surface area contributed by atoms with Gasteiger partial charge in [-0.3, -0.25) is 0 Å². The van der Waals surface area contributed by atoms with Crippen LogP contribution in [0.3, 0.4) is 0 Å². The molecule has 2 unspecified atom stereocenters. The molecule has 96 valence electrons. The Kier molecular flexibility index (Phi) is 6.10. The first-order chi connectivity index (χ1) is 7.93. The standard InChI is InChI=1S/C12H17Cl2NOS/c1-7(2)12(15)11(6-16)17-10-4-8(13)3-9(14)5-10/h3-5,7,11-12,16H,6,15H2,1-2H3. The number of halogens is 2. The maximum Gasteiger partial charge on any atom is 0.0568 e. The van der Waals surface area contributed by atoms with Crippen molar-refractivity contribution in [1.82, 2.24) is 0 Å². The van der Waals surface area contributed by atoms with Crippen molar-refractivity contribution in [2.45, 2.75) is 30.0 Å². The van der Waals surface area contributed by atoms with Gasteiger partial charge >= 0.3 is 0 Å². The lowest BCUT2D eigenvalue weighted by atomic mass is 10.0. The highest BCUT2D eigenvalue weighted by Crippen LogP contribution is 2.31. The topological polar surface area (TPSA) is 46.2 Å². The summed E-state index contributed by atoms with van der Waals surface area (Å²) in [5.74, 6) is 0.314. The molecule has 0 amide bonds. The van der Waals surface area contributed by atoms with Crippen molar-refractivity contribution in [2.24, 2.45) is 11.7 Å². The molecule has 17 heavy (non-hydrogen) atoms. The second kappa shape index (κ2) is 6.86. The van der Waals surface area contributed by atoms with E-state index in [1.165, 1.54) is 11.8 Å². The lowest BCUT2D eigenvalue weighted by molar-refractivity contribution is 0.269. The number of aliphatic hydroxyl groups excluding tert-OH is 1. The van der Waals surface area contributed by atoms with Crippen LogP contribution >= 0.6 is 35.0 Å². The van der Waals surface area contributed by atoms with Crippen molar-refractivity contribution >= 4 is 35.0 Å². The Hall–Kier alpha value is 0.0700. The fourth-order valence-corrected chi connectivity index (χ4v) is 3.38. The second-order valence-corrected chi connectivity index (χ2v) is 6.45. The molecule has 2 atom stereocenters. The Morgan fingerprint density at radius 1 is 1.24 bits per heavy atom. The van der Waals surface area contributed by atoms with Crippen LogP contribution in [-0.2, 0) is 0 Å². The molecule has 0 fully saturated rings. The molecular formula is C12H17Cl2NOS. The zero-order chi connectivity index (χ0) is 13.0. The molecule has 1 aromatic rings. The average Bonchev–Trinajstić information content (AvgIpc) is 2.23. The van der Waals surface area contributed by atoms with Crippen LogP contribution in [0.1, 0.15) is 13.8 Å². The van der Waals surface area contributed by atoms with Crippen LogP contribution in [0.2, 0.25) is 10.0 Å². The maximum absolute atomic E-state index is 9.38. The second-order valence-electron chi connectivity index (χ2n) is 4.27. The summed E-state index contributed by atoms with van der Waals surface area (Å²) in [6.07, 6.45) is 0. The number of hydrogen-bond acceptors (Lipinski definition) is 3. The number of benzene rings is 1. The molecule has 0 aromatic heterocycles. The molecule has 1 aromatic carbocycles. The van der Waals surface area contributed by atoms with Gasteiger partial charge < -0.3 is 10.8 Å². The third kappa shape index (κ3) is 4.68. The molecule has 1 rings (SSSR count). The normalized spacial score (nSPS) is 15.0. The van der Waals surface area contributed by atoms with Crippen molar-refractivity contribution in [2.75, 3.05) is 6.61 Å². The van der Waals surface area contributed by atoms with E-state index in [2.05, 4.69) is 0 Å². The minimum Gasteiger partial charge on any atom is -0.395 e. The molecule has 2 nitrogen and oxygen atoms in total. The molecule has 0 heterocycles. The molecule has 0 bridgehead atoms. The zero-order valence-corrected chi connectivity index (χ0v) is 12.2. The van der Waals surface area contributed by atoms with E-state index < -0.39 is 0 Å². The van der Waals surface area contributed by atoms with Gasteiger partial charge in [-0.25, -0.2) is 0 Å². The average molecular weight is 294 g/mol. The molecule has 0 aliphatic heterocycles. The van der Waals surface area contributed by atoms with Crippen molar-refractivity contribution in [3.63, 3.8) is 0 Å². The van der Waals surface area contributed by atoms with E-state index in [1.807, 2.05) is 26.0 Å². The third-order valence-corrected chi connectivity index (χ3v) is 4.21. The SMILES string of the molecule is CC(C)C(N)C(CO)Sc1cc(Cl)cc(Cl)c1. The number of thioether (sulfide) groups is 1. The summed E-state index contributed by atoms with van der Waals surface area (Å²) in [6, 6.07) is 5.27. The number of aliphatic hydroxyl groups is 1. The van der Waals surface area contributed by atoms with E-state index >= 15 is 0 Å². The highest BCUT2D eigenvalue weighted by Gasteiger charge is 2.21. The first kappa shape index (κ1) is 15.1. The van der Waals surface area contributed by atoms with Crippen molar-refractivity contribution in [3.05, 3.63) is 28.2 Å². The van der Waals surface area contributed by atoms with Crippen LogP contribution in [0.4, 0.5) is 0 Å². The fraction of sp³-hybridized carbons (Fsp3) is 0.500. The first-order valence-electron chi connectivity index (χ1n) is 5.43. The summed E-state index contributed by atoms with van der Waals surface area (Å²) in [4.78, 5) is 0.928. The number of hydrogen-bond donors (Lipinski definition) is 2. The highest BCUT2D eigenvalue weighted by molar-refractivity contribution is 8.00. The van der Waals surface area contributed by atoms with E-state index in [0.29, 0.717) is 16.0 Å². The third-order valence-electron chi connectivity index (χ3n) is 2.50. The summed E-state index contributed by atoms with van der Waals surface area (Å²) >= 11 is 13.4. The highest BCUT2D eigenvalue weighted by atomic mass is 35.5. The maximum atomic E-state index is 9.38. The zero-order valence-electron chi connectivity index (χ0n) is 9.86. The summed E-state index contributed by atoms with van der Waals surface area (Å²) in [6.45, 7) is 4.12. The molecular weight excluding hydrogens is 277 g/mol. The van der Waals surface area contributed by atoms with Gasteiger partial charge in [0.05, 0.1) is 6.61 Å². The Balaban J connectivity index is 2.80. The smallest absolute Gasteiger partial charge is 0.0568 e. The molecule has 0 radical (unpaired) electrons. The van der Waals surface area contributed by atoms with Crippen LogP contribution in [0.25, 0.3) is 0 Å². The van der Waals surface area contributed by atoms with E-state index in [-0.39, 0.29) is 17.9 Å². The minimum absolute atomic E-state index is 0.0359. The fourth-order valence-electron chi connectivity index (χ4n) is 1.44. The van der Waals surface area contributed by atoms with Gasteiger partial charge in [0.15, 0.2) is 0 Å². The van der Waals surface area contributed by atoms with Gasteiger partial charge in [0.1, 0.15) is 0 Å². The molecule has 0 aliphatic rings. The van der Waals surface area contributed by atoms with Gasteiger partial charge in [0.25, 0.3) is 0 Å². The summed E-state index contributed by atoms with van der Waals surface area (Å²) < 4.78 is 0. The molecule has 0 aliphatic carbocycles. The quantitative estimate of drug-likeness (QED) is 0.818. The van der Waals surface area contributed by atoms with Gasteiger partial charge in [-0.15, -0.1) is 11.8 Å². The van der Waals surface area contributed by atoms with Crippen LogP contribution < -0.4 is 5.73 Å². The van der Waals surface area contributed by atoms with E-state index in [1.54, 1.807) is 6.07 Å². The molecule has 0 saturated heterocycles. The lowest BCUT2D eigenvalue weighted by Gasteiger charge is -2.24. The number of rotatable bonds is 5. The van der Waals surface area contributed by atoms with Crippen molar-refractivity contribution < 1.29 is 5.11 Å². The summed E-state index contributed by atoms with van der Waals surface area (Å²) in [5.41, 5.74) is 6.05. The van der Waals surface area contributed by atoms with Gasteiger partial charge in [0, 0.05) is 26.2 Å². The Labute approximate surface area is 116 Å². The van der Waals surface area contributed by atoms with Crippen molar-refractivity contribution in [3.8, 4) is 0 Å². The monoisotopic (exact) mass is 293 g/mol. The van der Waals surface area contributed by atoms with Crippen LogP contribution in [-0.4, -0.2) is 23.0 Å². The predicted octanol–water partition coefficient (Wildman–Crippen LogP) is 3.43. The Morgan fingerprint density at radius 2 is 1.76 bits per heavy atom. The number of nitrogens with two attached hydrogens (primary N) is 1. The van der Waals surface area contributed by atoms with Crippen LogP contribution in [0.15, 0.2) is 23.1 Å². The molecule has 0 spiro atoms. The first-order valence-corrected chi connectivity index (χ1v) is 7.06. The minimum atomic E-state index is -0.0669. The Morgan fingerprint density at radius 3 is 2.18 bits per heavy atom. The predicted molar refractivity (Wildman–Crippen MR) is 76.0 cm³/mol. The summed E-state index contributed by atoms with van der Waals surface area (Å²) in [7, 11) is 0. The van der Waals surface area contributed by atoms with Gasteiger partial charge in [-0.05, 0) is 24.1 Å². The van der Waals surface area contributed by atoms with Crippen molar-refractivity contribution in [1.29, 1.82) is 0 Å². The molecule has 0 saturated carbocycles.